The van der Waals surface area contributed by atoms with E-state index in [1.807, 2.05) is 0 Å². The lowest BCUT2D eigenvalue weighted by atomic mass is 10.1. The second-order valence-electron chi connectivity index (χ2n) is 3.28. The number of rotatable bonds is 3. The van der Waals surface area contributed by atoms with Gasteiger partial charge < -0.3 is 16.4 Å². The molecule has 0 aliphatic carbocycles. The Kier molecular flexibility index (Phi) is 3.25. The van der Waals surface area contributed by atoms with Gasteiger partial charge in [-0.2, -0.15) is 0 Å². The first-order valence-electron chi connectivity index (χ1n) is 4.43. The molecule has 2 atom stereocenters. The number of nitrogens with one attached hydrogen (secondary N) is 2. The Labute approximate surface area is 77.1 Å². The van der Waals surface area contributed by atoms with Crippen molar-refractivity contribution in [2.45, 2.75) is 19.4 Å². The molecule has 0 radical (unpaired) electrons. The number of carbonyl (C=O) groups is 2. The van der Waals surface area contributed by atoms with E-state index in [0.717, 1.165) is 0 Å². The Hall–Kier alpha value is -1.10. The highest BCUT2D eigenvalue weighted by molar-refractivity contribution is 5.89. The van der Waals surface area contributed by atoms with E-state index < -0.39 is 0 Å². The molecule has 5 nitrogen and oxygen atoms in total. The molecule has 0 spiro atoms. The highest BCUT2D eigenvalue weighted by atomic mass is 16.2. The van der Waals surface area contributed by atoms with E-state index in [9.17, 15) is 9.59 Å². The summed E-state index contributed by atoms with van der Waals surface area (Å²) in [5, 5.41) is 5.30. The zero-order valence-electron chi connectivity index (χ0n) is 7.67. The highest BCUT2D eigenvalue weighted by Gasteiger charge is 2.26. The van der Waals surface area contributed by atoms with Gasteiger partial charge in [-0.3, -0.25) is 9.59 Å². The van der Waals surface area contributed by atoms with Crippen LogP contribution in [0.5, 0.6) is 0 Å². The van der Waals surface area contributed by atoms with E-state index in [-0.39, 0.29) is 23.8 Å². The summed E-state index contributed by atoms with van der Waals surface area (Å²) in [6.45, 7) is 2.68. The Morgan fingerprint density at radius 2 is 2.54 bits per heavy atom. The van der Waals surface area contributed by atoms with Crippen LogP contribution in [0, 0.1) is 5.92 Å². The van der Waals surface area contributed by atoms with E-state index in [0.29, 0.717) is 19.5 Å². The molecule has 5 heteroatoms. The van der Waals surface area contributed by atoms with E-state index in [1.165, 1.54) is 0 Å². The third kappa shape index (κ3) is 2.42. The molecule has 0 aromatic rings. The Bertz CT molecular complexity index is 217. The number of carbonyl (C=O) groups excluding carboxylic acids is 2. The standard InChI is InChI=1S/C8H15N3O2/c1-5(4-9)7(12)11-6-2-3-10-8(6)13/h5-6H,2-4,9H2,1H3,(H,10,13)(H,11,12)/t5?,6-/m0/s1. The van der Waals surface area contributed by atoms with Gasteiger partial charge in [-0.15, -0.1) is 0 Å². The van der Waals surface area contributed by atoms with Crippen molar-refractivity contribution < 1.29 is 9.59 Å². The molecule has 1 heterocycles. The Morgan fingerprint density at radius 3 is 3.00 bits per heavy atom. The normalized spacial score (nSPS) is 23.8. The van der Waals surface area contributed by atoms with Crippen LogP contribution in [-0.4, -0.2) is 30.9 Å². The summed E-state index contributed by atoms with van der Waals surface area (Å²) in [5.74, 6) is -0.476. The first-order chi connectivity index (χ1) is 6.15. The van der Waals surface area contributed by atoms with Crippen LogP contribution in [0.3, 0.4) is 0 Å². The van der Waals surface area contributed by atoms with Gasteiger partial charge >= 0.3 is 0 Å². The quantitative estimate of drug-likeness (QED) is 0.505. The molecule has 1 aliphatic rings. The topological polar surface area (TPSA) is 84.2 Å². The van der Waals surface area contributed by atoms with Crippen LogP contribution in [0.25, 0.3) is 0 Å². The zero-order chi connectivity index (χ0) is 9.84. The lowest BCUT2D eigenvalue weighted by Gasteiger charge is -2.13. The second kappa shape index (κ2) is 4.23. The van der Waals surface area contributed by atoms with Gasteiger partial charge in [0.05, 0.1) is 0 Å². The number of hydrogen-bond donors (Lipinski definition) is 3. The molecule has 4 N–H and O–H groups in total. The summed E-state index contributed by atoms with van der Waals surface area (Å²) in [4.78, 5) is 22.4. The van der Waals surface area contributed by atoms with E-state index in [4.69, 9.17) is 5.73 Å². The van der Waals surface area contributed by atoms with E-state index in [2.05, 4.69) is 10.6 Å². The molecule has 74 valence electrons. The summed E-state index contributed by atoms with van der Waals surface area (Å²) >= 11 is 0. The first-order valence-corrected chi connectivity index (χ1v) is 4.43. The molecule has 1 saturated heterocycles. The molecular formula is C8H15N3O2. The third-order valence-corrected chi connectivity index (χ3v) is 2.17. The minimum Gasteiger partial charge on any atom is -0.354 e. The minimum atomic E-state index is -0.360. The van der Waals surface area contributed by atoms with Crippen LogP contribution >= 0.6 is 0 Å². The van der Waals surface area contributed by atoms with Crippen LogP contribution in [-0.2, 0) is 9.59 Å². The molecule has 1 unspecified atom stereocenters. The van der Waals surface area contributed by atoms with E-state index >= 15 is 0 Å². The fraction of sp³-hybridized carbons (Fsp3) is 0.750. The predicted molar refractivity (Wildman–Crippen MR) is 47.8 cm³/mol. The predicted octanol–water partition coefficient (Wildman–Crippen LogP) is -1.41. The molecule has 1 aliphatic heterocycles. The smallest absolute Gasteiger partial charge is 0.242 e. The maximum absolute atomic E-state index is 11.3. The molecule has 2 amide bonds. The van der Waals surface area contributed by atoms with Gasteiger partial charge in [0.25, 0.3) is 0 Å². The monoisotopic (exact) mass is 185 g/mol. The molecule has 1 rings (SSSR count). The number of amides is 2. The zero-order valence-corrected chi connectivity index (χ0v) is 7.67. The van der Waals surface area contributed by atoms with Crippen molar-refractivity contribution >= 4 is 11.8 Å². The number of nitrogens with two attached hydrogens (primary N) is 1. The van der Waals surface area contributed by atoms with Crippen molar-refractivity contribution in [1.82, 2.24) is 10.6 Å². The summed E-state index contributed by atoms with van der Waals surface area (Å²) in [6, 6.07) is -0.360. The average molecular weight is 185 g/mol. The number of hydrogen-bond acceptors (Lipinski definition) is 3. The van der Waals surface area contributed by atoms with Crippen molar-refractivity contribution in [2.75, 3.05) is 13.1 Å². The third-order valence-electron chi connectivity index (χ3n) is 2.17. The van der Waals surface area contributed by atoms with Gasteiger partial charge in [-0.05, 0) is 6.42 Å². The van der Waals surface area contributed by atoms with Crippen LogP contribution in [0.4, 0.5) is 0 Å². The van der Waals surface area contributed by atoms with Gasteiger partial charge in [0.2, 0.25) is 11.8 Å². The van der Waals surface area contributed by atoms with Gasteiger partial charge in [0.1, 0.15) is 6.04 Å². The SMILES string of the molecule is CC(CN)C(=O)N[C@H]1CCNC1=O. The molecule has 1 fully saturated rings. The van der Waals surface area contributed by atoms with Gasteiger partial charge in [-0.1, -0.05) is 6.92 Å². The summed E-state index contributed by atoms with van der Waals surface area (Å²) < 4.78 is 0. The Morgan fingerprint density at radius 1 is 1.85 bits per heavy atom. The van der Waals surface area contributed by atoms with Crippen LogP contribution in [0.2, 0.25) is 0 Å². The average Bonchev–Trinajstić information content (AvgIpc) is 2.50. The molecule has 13 heavy (non-hydrogen) atoms. The maximum Gasteiger partial charge on any atom is 0.242 e. The fourth-order valence-corrected chi connectivity index (χ4v) is 1.15. The molecule has 0 saturated carbocycles. The second-order valence-corrected chi connectivity index (χ2v) is 3.28. The Balaban J connectivity index is 2.39. The van der Waals surface area contributed by atoms with Crippen molar-refractivity contribution in [3.63, 3.8) is 0 Å². The molecule has 0 aromatic heterocycles. The van der Waals surface area contributed by atoms with E-state index in [1.54, 1.807) is 6.92 Å². The lowest BCUT2D eigenvalue weighted by Crippen LogP contribution is -2.43. The van der Waals surface area contributed by atoms with Crippen molar-refractivity contribution in [1.29, 1.82) is 0 Å². The van der Waals surface area contributed by atoms with Gasteiger partial charge in [-0.25, -0.2) is 0 Å². The largest absolute Gasteiger partial charge is 0.354 e. The molecular weight excluding hydrogens is 170 g/mol. The molecule has 0 bridgehead atoms. The van der Waals surface area contributed by atoms with Crippen LogP contribution in [0.1, 0.15) is 13.3 Å². The molecule has 0 aromatic carbocycles. The fourth-order valence-electron chi connectivity index (χ4n) is 1.15. The lowest BCUT2D eigenvalue weighted by molar-refractivity contribution is -0.129. The van der Waals surface area contributed by atoms with Gasteiger partial charge in [0, 0.05) is 19.0 Å². The first kappa shape index (κ1) is 9.98. The summed E-state index contributed by atoms with van der Waals surface area (Å²) in [5.41, 5.74) is 5.32. The van der Waals surface area contributed by atoms with Crippen molar-refractivity contribution in [2.24, 2.45) is 11.7 Å². The van der Waals surface area contributed by atoms with Crippen molar-refractivity contribution in [3.8, 4) is 0 Å². The minimum absolute atomic E-state index is 0.0995. The van der Waals surface area contributed by atoms with Gasteiger partial charge in [0.15, 0.2) is 0 Å². The van der Waals surface area contributed by atoms with Crippen molar-refractivity contribution in [3.05, 3.63) is 0 Å². The maximum atomic E-state index is 11.3. The summed E-state index contributed by atoms with van der Waals surface area (Å²) in [7, 11) is 0. The van der Waals surface area contributed by atoms with Crippen LogP contribution < -0.4 is 16.4 Å². The summed E-state index contributed by atoms with van der Waals surface area (Å²) in [6.07, 6.45) is 0.669. The highest BCUT2D eigenvalue weighted by Crippen LogP contribution is 2.01. The van der Waals surface area contributed by atoms with Crippen LogP contribution in [0.15, 0.2) is 0 Å².